The van der Waals surface area contributed by atoms with Crippen molar-refractivity contribution in [1.82, 2.24) is 0 Å². The van der Waals surface area contributed by atoms with Crippen molar-refractivity contribution in [3.05, 3.63) is 35.4 Å². The molecule has 5 heteroatoms. The summed E-state index contributed by atoms with van der Waals surface area (Å²) >= 11 is 0. The Balaban J connectivity index is 2.98. The van der Waals surface area contributed by atoms with E-state index in [-0.39, 0.29) is 18.6 Å². The van der Waals surface area contributed by atoms with E-state index in [2.05, 4.69) is 0 Å². The summed E-state index contributed by atoms with van der Waals surface area (Å²) in [7, 11) is 1.47. The minimum atomic E-state index is -4.40. The van der Waals surface area contributed by atoms with Crippen molar-refractivity contribution in [1.29, 1.82) is 0 Å². The van der Waals surface area contributed by atoms with Crippen molar-refractivity contribution in [3.63, 3.8) is 0 Å². The van der Waals surface area contributed by atoms with Crippen molar-refractivity contribution in [3.8, 4) is 0 Å². The molecule has 0 saturated heterocycles. The maximum absolute atomic E-state index is 12.5. The standard InChI is InChI=1S/C12H15F3O2/c1-11(16,6-7-17-2)9-4-3-5-10(8-9)12(13,14)15/h3-5,8,16H,6-7H2,1-2H3. The Bertz CT molecular complexity index is 372. The lowest BCUT2D eigenvalue weighted by Gasteiger charge is -2.24. The molecule has 1 N–H and O–H groups in total. The molecule has 1 aromatic carbocycles. The molecule has 0 radical (unpaired) electrons. The molecule has 1 rings (SSSR count). The quantitative estimate of drug-likeness (QED) is 0.887. The third-order valence-electron chi connectivity index (χ3n) is 2.60. The topological polar surface area (TPSA) is 29.5 Å². The molecule has 0 bridgehead atoms. The summed E-state index contributed by atoms with van der Waals surface area (Å²) in [5.41, 5.74) is -1.84. The van der Waals surface area contributed by atoms with Crippen LogP contribution in [0.2, 0.25) is 0 Å². The van der Waals surface area contributed by atoms with E-state index in [1.807, 2.05) is 0 Å². The van der Waals surface area contributed by atoms with Gasteiger partial charge in [-0.3, -0.25) is 0 Å². The monoisotopic (exact) mass is 248 g/mol. The molecule has 0 aliphatic heterocycles. The molecule has 1 atom stereocenters. The highest BCUT2D eigenvalue weighted by Crippen LogP contribution is 2.33. The zero-order chi connectivity index (χ0) is 13.1. The van der Waals surface area contributed by atoms with Gasteiger partial charge in [-0.05, 0) is 24.6 Å². The summed E-state index contributed by atoms with van der Waals surface area (Å²) < 4.78 is 42.3. The van der Waals surface area contributed by atoms with E-state index in [1.165, 1.54) is 26.2 Å². The highest BCUT2D eigenvalue weighted by atomic mass is 19.4. The maximum Gasteiger partial charge on any atom is 0.416 e. The van der Waals surface area contributed by atoms with Crippen LogP contribution in [0.5, 0.6) is 0 Å². The normalized spacial score (nSPS) is 15.6. The predicted octanol–water partition coefficient (Wildman–Crippen LogP) is 2.95. The second-order valence-corrected chi connectivity index (χ2v) is 4.10. The zero-order valence-electron chi connectivity index (χ0n) is 9.71. The Morgan fingerprint density at radius 2 is 1.82 bits per heavy atom. The van der Waals surface area contributed by atoms with Crippen LogP contribution in [0.25, 0.3) is 0 Å². The SMILES string of the molecule is COCCC(C)(O)c1cccc(C(F)(F)F)c1. The van der Waals surface area contributed by atoms with Gasteiger partial charge in [-0.1, -0.05) is 12.1 Å². The molecule has 1 unspecified atom stereocenters. The average Bonchev–Trinajstić information content (AvgIpc) is 2.25. The zero-order valence-corrected chi connectivity index (χ0v) is 9.71. The second kappa shape index (κ2) is 5.06. The van der Waals surface area contributed by atoms with Gasteiger partial charge in [0.2, 0.25) is 0 Å². The minimum absolute atomic E-state index is 0.240. The van der Waals surface area contributed by atoms with Gasteiger partial charge in [-0.2, -0.15) is 13.2 Å². The summed E-state index contributed by atoms with van der Waals surface area (Å²) in [5, 5.41) is 10.1. The number of alkyl halides is 3. The molecule has 2 nitrogen and oxygen atoms in total. The molecular formula is C12H15F3O2. The fourth-order valence-electron chi connectivity index (χ4n) is 1.48. The number of halogens is 3. The lowest BCUT2D eigenvalue weighted by atomic mass is 9.91. The molecular weight excluding hydrogens is 233 g/mol. The van der Waals surface area contributed by atoms with Crippen molar-refractivity contribution >= 4 is 0 Å². The van der Waals surface area contributed by atoms with Crippen molar-refractivity contribution in [2.24, 2.45) is 0 Å². The third kappa shape index (κ3) is 3.71. The van der Waals surface area contributed by atoms with Crippen LogP contribution >= 0.6 is 0 Å². The Hall–Kier alpha value is -1.07. The van der Waals surface area contributed by atoms with Crippen LogP contribution in [0.3, 0.4) is 0 Å². The first-order chi connectivity index (χ1) is 7.77. The fraction of sp³-hybridized carbons (Fsp3) is 0.500. The molecule has 0 spiro atoms. The molecule has 1 aromatic rings. The van der Waals surface area contributed by atoms with E-state index in [0.29, 0.717) is 0 Å². The summed E-state index contributed by atoms with van der Waals surface area (Å²) in [5.74, 6) is 0. The summed E-state index contributed by atoms with van der Waals surface area (Å²) in [6.45, 7) is 1.75. The van der Waals surface area contributed by atoms with Gasteiger partial charge in [0.1, 0.15) is 0 Å². The van der Waals surface area contributed by atoms with Crippen LogP contribution in [-0.4, -0.2) is 18.8 Å². The molecule has 0 aliphatic carbocycles. The predicted molar refractivity (Wildman–Crippen MR) is 57.5 cm³/mol. The molecule has 0 saturated carbocycles. The van der Waals surface area contributed by atoms with E-state index >= 15 is 0 Å². The van der Waals surface area contributed by atoms with E-state index < -0.39 is 17.3 Å². The second-order valence-electron chi connectivity index (χ2n) is 4.10. The van der Waals surface area contributed by atoms with Gasteiger partial charge < -0.3 is 9.84 Å². The summed E-state index contributed by atoms with van der Waals surface area (Å²) in [4.78, 5) is 0. The summed E-state index contributed by atoms with van der Waals surface area (Å²) in [6, 6.07) is 4.72. The third-order valence-corrected chi connectivity index (χ3v) is 2.60. The molecule has 0 heterocycles. The number of hydrogen-bond acceptors (Lipinski definition) is 2. The van der Waals surface area contributed by atoms with Crippen molar-refractivity contribution in [2.75, 3.05) is 13.7 Å². The lowest BCUT2D eigenvalue weighted by Crippen LogP contribution is -2.23. The first-order valence-corrected chi connectivity index (χ1v) is 5.16. The maximum atomic E-state index is 12.5. The Morgan fingerprint density at radius 3 is 2.35 bits per heavy atom. The number of aliphatic hydroxyl groups is 1. The molecule has 0 fully saturated rings. The fourth-order valence-corrected chi connectivity index (χ4v) is 1.48. The van der Waals surface area contributed by atoms with E-state index in [4.69, 9.17) is 4.74 Å². The van der Waals surface area contributed by atoms with Gasteiger partial charge in [0, 0.05) is 20.1 Å². The van der Waals surface area contributed by atoms with Crippen LogP contribution < -0.4 is 0 Å². The van der Waals surface area contributed by atoms with Crippen LogP contribution in [-0.2, 0) is 16.5 Å². The molecule has 96 valence electrons. The van der Waals surface area contributed by atoms with Gasteiger partial charge in [0.15, 0.2) is 0 Å². The number of benzene rings is 1. The number of ether oxygens (including phenoxy) is 1. The van der Waals surface area contributed by atoms with Crippen molar-refractivity contribution < 1.29 is 23.0 Å². The Morgan fingerprint density at radius 1 is 1.24 bits per heavy atom. The van der Waals surface area contributed by atoms with Gasteiger partial charge >= 0.3 is 6.18 Å². The number of methoxy groups -OCH3 is 1. The van der Waals surface area contributed by atoms with Gasteiger partial charge in [0.25, 0.3) is 0 Å². The number of rotatable bonds is 4. The van der Waals surface area contributed by atoms with Crippen LogP contribution in [0.1, 0.15) is 24.5 Å². The Kier molecular flexibility index (Phi) is 4.16. The van der Waals surface area contributed by atoms with E-state index in [9.17, 15) is 18.3 Å². The first kappa shape index (κ1) is 14.0. The van der Waals surface area contributed by atoms with Crippen LogP contribution in [0, 0.1) is 0 Å². The number of hydrogen-bond donors (Lipinski definition) is 1. The average molecular weight is 248 g/mol. The van der Waals surface area contributed by atoms with Crippen molar-refractivity contribution in [2.45, 2.75) is 25.1 Å². The van der Waals surface area contributed by atoms with Crippen LogP contribution in [0.15, 0.2) is 24.3 Å². The van der Waals surface area contributed by atoms with Gasteiger partial charge in [-0.25, -0.2) is 0 Å². The van der Waals surface area contributed by atoms with Crippen LogP contribution in [0.4, 0.5) is 13.2 Å². The van der Waals surface area contributed by atoms with E-state index in [1.54, 1.807) is 0 Å². The highest BCUT2D eigenvalue weighted by molar-refractivity contribution is 5.29. The smallest absolute Gasteiger partial charge is 0.385 e. The Labute approximate surface area is 98.0 Å². The van der Waals surface area contributed by atoms with Gasteiger partial charge in [-0.15, -0.1) is 0 Å². The lowest BCUT2D eigenvalue weighted by molar-refractivity contribution is -0.137. The van der Waals surface area contributed by atoms with E-state index in [0.717, 1.165) is 12.1 Å². The highest BCUT2D eigenvalue weighted by Gasteiger charge is 2.32. The molecule has 0 aliphatic rings. The molecule has 0 amide bonds. The first-order valence-electron chi connectivity index (χ1n) is 5.16. The minimum Gasteiger partial charge on any atom is -0.385 e. The van der Waals surface area contributed by atoms with Gasteiger partial charge in [0.05, 0.1) is 11.2 Å². The largest absolute Gasteiger partial charge is 0.416 e. The molecule has 17 heavy (non-hydrogen) atoms. The summed E-state index contributed by atoms with van der Waals surface area (Å²) in [6.07, 6.45) is -4.15. The molecule has 0 aromatic heterocycles.